The molecule has 2 aliphatic rings. The number of rotatable bonds is 9. The molecule has 6 N–H and O–H groups in total. The molecule has 0 amide bonds. The summed E-state index contributed by atoms with van der Waals surface area (Å²) in [5, 5.41) is 75.6. The predicted octanol–water partition coefficient (Wildman–Crippen LogP) is 9.12. The van der Waals surface area contributed by atoms with Crippen LogP contribution in [-0.2, 0) is 9.59 Å². The zero-order chi connectivity index (χ0) is 40.9. The van der Waals surface area contributed by atoms with Crippen LogP contribution in [0.1, 0.15) is 61.1 Å². The quantitative estimate of drug-likeness (QED) is 0.0534. The number of nitrogens with zero attached hydrogens (tertiary/aromatic N) is 2. The van der Waals surface area contributed by atoms with Crippen LogP contribution >= 0.6 is 0 Å². The molecule has 0 radical (unpaired) electrons. The van der Waals surface area contributed by atoms with Crippen molar-refractivity contribution in [2.24, 2.45) is 11.8 Å². The van der Waals surface area contributed by atoms with Gasteiger partial charge in [-0.25, -0.2) is 0 Å². The van der Waals surface area contributed by atoms with Crippen molar-refractivity contribution in [2.45, 2.75) is 41.5 Å². The number of aliphatic hydroxyl groups excluding tert-OH is 2. The molecule has 2 aliphatic carbocycles. The average molecular weight is 759 g/mol. The number of non-ortho nitro benzene ring substituents is 2. The molecule has 0 saturated heterocycles. The van der Waals surface area contributed by atoms with Crippen LogP contribution in [0.25, 0.3) is 33.4 Å². The van der Waals surface area contributed by atoms with Gasteiger partial charge in [0.1, 0.15) is 11.5 Å². The summed E-state index contributed by atoms with van der Waals surface area (Å²) < 4.78 is 0. The SMILES string of the molecule is Cc1cc2c(c(O)c1-c1c(C)cc3c(c1O)/C(=C/Nc1cccc([N+](=O)[O-])c1)C(=O)C(O)=C3C(C)C)/C(=C/Nc1cccc([N+](=O)[O-])c1)C(=O)C(O)=C2C(C)C. The van der Waals surface area contributed by atoms with Gasteiger partial charge in [-0.05, 0) is 60.1 Å². The van der Waals surface area contributed by atoms with E-state index < -0.39 is 44.4 Å². The molecule has 0 saturated carbocycles. The molecular formula is C42H38N4O10. The normalized spacial score (nSPS) is 15.5. The third-order valence-corrected chi connectivity index (χ3v) is 9.83. The van der Waals surface area contributed by atoms with Crippen molar-refractivity contribution in [1.29, 1.82) is 0 Å². The lowest BCUT2D eigenvalue weighted by Gasteiger charge is -2.29. The fourth-order valence-corrected chi connectivity index (χ4v) is 7.36. The zero-order valence-corrected chi connectivity index (χ0v) is 31.2. The Balaban J connectivity index is 1.61. The van der Waals surface area contributed by atoms with Gasteiger partial charge in [-0.1, -0.05) is 52.0 Å². The first-order valence-corrected chi connectivity index (χ1v) is 17.6. The Bertz CT molecular complexity index is 2370. The van der Waals surface area contributed by atoms with Crippen LogP contribution in [0, 0.1) is 45.9 Å². The number of fused-ring (bicyclic) bond motifs is 2. The van der Waals surface area contributed by atoms with E-state index in [0.717, 1.165) is 0 Å². The molecule has 286 valence electrons. The number of carbonyl (C=O) groups excluding carboxylic acids is 2. The molecule has 14 nitrogen and oxygen atoms in total. The maximum absolute atomic E-state index is 13.9. The van der Waals surface area contributed by atoms with Gasteiger partial charge >= 0.3 is 0 Å². The monoisotopic (exact) mass is 758 g/mol. The van der Waals surface area contributed by atoms with Crippen molar-refractivity contribution in [2.75, 3.05) is 10.6 Å². The number of benzene rings is 4. The van der Waals surface area contributed by atoms with Crippen molar-refractivity contribution >= 4 is 56.6 Å². The number of phenols is 2. The number of phenolic OH excluding ortho intramolecular Hbond substituents is 2. The number of ketones is 2. The molecule has 14 heteroatoms. The first-order valence-electron chi connectivity index (χ1n) is 17.6. The summed E-state index contributed by atoms with van der Waals surface area (Å²) >= 11 is 0. The first-order chi connectivity index (χ1) is 26.4. The van der Waals surface area contributed by atoms with Gasteiger partial charge in [0.2, 0.25) is 11.6 Å². The molecule has 0 fully saturated rings. The van der Waals surface area contributed by atoms with Gasteiger partial charge < -0.3 is 31.1 Å². The molecule has 0 aliphatic heterocycles. The van der Waals surface area contributed by atoms with Crippen LogP contribution in [0.4, 0.5) is 22.7 Å². The summed E-state index contributed by atoms with van der Waals surface area (Å²) in [6, 6.07) is 14.5. The van der Waals surface area contributed by atoms with Gasteiger partial charge in [0, 0.05) is 81.4 Å². The molecule has 4 aromatic carbocycles. The van der Waals surface area contributed by atoms with Gasteiger partial charge in [-0.15, -0.1) is 0 Å². The fraction of sp³-hybridized carbons (Fsp3) is 0.190. The summed E-state index contributed by atoms with van der Waals surface area (Å²) in [6.45, 7) is 10.5. The maximum Gasteiger partial charge on any atom is 0.271 e. The van der Waals surface area contributed by atoms with E-state index in [1.807, 2.05) is 0 Å². The lowest BCUT2D eigenvalue weighted by Crippen LogP contribution is -2.20. The van der Waals surface area contributed by atoms with E-state index in [9.17, 15) is 50.2 Å². The van der Waals surface area contributed by atoms with Gasteiger partial charge in [-0.2, -0.15) is 0 Å². The number of aliphatic hydroxyl groups is 2. The number of hydrogen-bond acceptors (Lipinski definition) is 12. The largest absolute Gasteiger partial charge is 0.507 e. The Morgan fingerprint density at radius 2 is 0.946 bits per heavy atom. The van der Waals surface area contributed by atoms with Gasteiger partial charge in [0.15, 0.2) is 11.5 Å². The third-order valence-electron chi connectivity index (χ3n) is 9.83. The molecule has 0 bridgehead atoms. The summed E-state index contributed by atoms with van der Waals surface area (Å²) in [5.41, 5.74) is 2.22. The number of carbonyl (C=O) groups is 2. The van der Waals surface area contributed by atoms with Crippen LogP contribution in [0.5, 0.6) is 11.5 Å². The summed E-state index contributed by atoms with van der Waals surface area (Å²) in [6.07, 6.45) is 2.49. The minimum atomic E-state index is -0.819. The van der Waals surface area contributed by atoms with Crippen LogP contribution in [0.3, 0.4) is 0 Å². The van der Waals surface area contributed by atoms with Gasteiger partial charge in [0.25, 0.3) is 11.4 Å². The van der Waals surface area contributed by atoms with Crippen LogP contribution in [0.2, 0.25) is 0 Å². The van der Waals surface area contributed by atoms with Crippen molar-refractivity contribution in [1.82, 2.24) is 0 Å². The summed E-state index contributed by atoms with van der Waals surface area (Å²) in [7, 11) is 0. The smallest absolute Gasteiger partial charge is 0.271 e. The topological polar surface area (TPSA) is 225 Å². The molecule has 0 atom stereocenters. The molecular weight excluding hydrogens is 720 g/mol. The van der Waals surface area contributed by atoms with Crippen molar-refractivity contribution < 1.29 is 39.9 Å². The minimum Gasteiger partial charge on any atom is -0.507 e. The Morgan fingerprint density at radius 3 is 1.27 bits per heavy atom. The Kier molecular flexibility index (Phi) is 10.0. The maximum atomic E-state index is 13.9. The summed E-state index contributed by atoms with van der Waals surface area (Å²) in [4.78, 5) is 49.4. The predicted molar refractivity (Wildman–Crippen MR) is 213 cm³/mol. The van der Waals surface area contributed by atoms with E-state index in [0.29, 0.717) is 22.3 Å². The first kappa shape index (κ1) is 38.5. The van der Waals surface area contributed by atoms with E-state index in [4.69, 9.17) is 0 Å². The van der Waals surface area contributed by atoms with Gasteiger partial charge in [0.05, 0.1) is 21.0 Å². The number of allylic oxidation sites excluding steroid dienone is 4. The van der Waals surface area contributed by atoms with Crippen molar-refractivity contribution in [3.05, 3.63) is 138 Å². The highest BCUT2D eigenvalue weighted by Crippen LogP contribution is 2.53. The van der Waals surface area contributed by atoms with E-state index in [1.54, 1.807) is 65.8 Å². The van der Waals surface area contributed by atoms with E-state index in [1.165, 1.54) is 48.8 Å². The molecule has 0 unspecified atom stereocenters. The number of Topliss-reactive ketones (excluding diaryl/α,β-unsaturated/α-hetero) is 2. The second-order valence-corrected chi connectivity index (χ2v) is 14.2. The lowest BCUT2D eigenvalue weighted by atomic mass is 9.75. The highest BCUT2D eigenvalue weighted by atomic mass is 16.6. The number of nitro benzene ring substituents is 2. The average Bonchev–Trinajstić information content (AvgIpc) is 3.13. The Morgan fingerprint density at radius 1 is 0.589 bits per heavy atom. The molecule has 0 aromatic heterocycles. The molecule has 4 aromatic rings. The van der Waals surface area contributed by atoms with Crippen LogP contribution < -0.4 is 10.6 Å². The lowest BCUT2D eigenvalue weighted by molar-refractivity contribution is -0.385. The van der Waals surface area contributed by atoms with Gasteiger partial charge in [-0.3, -0.25) is 29.8 Å². The number of hydrogen-bond donors (Lipinski definition) is 6. The van der Waals surface area contributed by atoms with E-state index in [-0.39, 0.29) is 79.1 Å². The number of aryl methyl sites for hydroxylation is 2. The Hall–Kier alpha value is -7.22. The van der Waals surface area contributed by atoms with Crippen LogP contribution in [-0.4, -0.2) is 41.8 Å². The highest BCUT2D eigenvalue weighted by molar-refractivity contribution is 6.35. The van der Waals surface area contributed by atoms with E-state index >= 15 is 0 Å². The molecule has 0 heterocycles. The van der Waals surface area contributed by atoms with Crippen LogP contribution in [0.15, 0.2) is 84.6 Å². The standard InChI is InChI=1S/C42H38N4O10/c1-19(2)31-27-13-21(5)33(39(49)35(27)29(37(47)41(31)51)17-43-23-9-7-11-25(15-23)45(53)54)34-22(6)14-28-32(20(3)4)42(52)38(48)30(36(28)40(34)50)18-44-24-10-8-12-26(16-24)46(55)56/h7-20,43-44,49-52H,1-6H3/b29-17-,30-18-. The van der Waals surface area contributed by atoms with E-state index in [2.05, 4.69) is 10.6 Å². The summed E-state index contributed by atoms with van der Waals surface area (Å²) in [5.74, 6) is -4.30. The second-order valence-electron chi connectivity index (χ2n) is 14.2. The fourth-order valence-electron chi connectivity index (χ4n) is 7.36. The molecule has 6 rings (SSSR count). The molecule has 0 spiro atoms. The number of aromatic hydroxyl groups is 2. The highest BCUT2D eigenvalue weighted by Gasteiger charge is 2.38. The molecule has 56 heavy (non-hydrogen) atoms. The van der Waals surface area contributed by atoms with Crippen molar-refractivity contribution in [3.63, 3.8) is 0 Å². The third kappa shape index (κ3) is 6.50. The number of anilines is 2. The zero-order valence-electron chi connectivity index (χ0n) is 31.2. The Labute approximate surface area is 320 Å². The minimum absolute atomic E-state index is 0.0335. The number of nitro groups is 2. The number of nitrogens with one attached hydrogen (secondary N) is 2. The second kappa shape index (κ2) is 14.5. The van der Waals surface area contributed by atoms with Crippen molar-refractivity contribution in [3.8, 4) is 22.6 Å².